The summed E-state index contributed by atoms with van der Waals surface area (Å²) in [5.74, 6) is -0.378. The van der Waals surface area contributed by atoms with Crippen LogP contribution in [0.25, 0.3) is 0 Å². The van der Waals surface area contributed by atoms with Crippen molar-refractivity contribution in [3.05, 3.63) is 57.1 Å². The Kier molecular flexibility index (Phi) is 5.16. The van der Waals surface area contributed by atoms with Crippen LogP contribution in [0.5, 0.6) is 5.75 Å². The number of anilines is 1. The van der Waals surface area contributed by atoms with Crippen molar-refractivity contribution in [1.29, 1.82) is 0 Å². The second kappa shape index (κ2) is 6.90. The van der Waals surface area contributed by atoms with Crippen molar-refractivity contribution >= 4 is 34.9 Å². The molecule has 116 valence electrons. The first-order chi connectivity index (χ1) is 10.4. The highest BCUT2D eigenvalue weighted by Crippen LogP contribution is 2.32. The summed E-state index contributed by atoms with van der Waals surface area (Å²) in [6.07, 6.45) is 0. The van der Waals surface area contributed by atoms with Crippen LogP contribution in [-0.2, 0) is 6.54 Å². The standard InChI is InChI=1S/C16H15Cl2NO3/c1-9-5-10(16(20)21)3-4-14(9)19-8-11-6-12(17)7-13(18)15(11)22-2/h3-7,19H,8H2,1-2H3,(H,20,21). The number of carboxylic acids is 1. The van der Waals surface area contributed by atoms with Crippen LogP contribution in [0.1, 0.15) is 21.5 Å². The highest BCUT2D eigenvalue weighted by molar-refractivity contribution is 6.35. The number of aryl methyl sites for hydroxylation is 1. The van der Waals surface area contributed by atoms with E-state index in [9.17, 15) is 4.79 Å². The number of halogens is 2. The second-order valence-electron chi connectivity index (χ2n) is 4.77. The molecule has 0 radical (unpaired) electrons. The van der Waals surface area contributed by atoms with Crippen LogP contribution in [0.2, 0.25) is 10.0 Å². The van der Waals surface area contributed by atoms with Gasteiger partial charge < -0.3 is 15.2 Å². The zero-order valence-electron chi connectivity index (χ0n) is 12.1. The molecule has 0 aromatic heterocycles. The van der Waals surface area contributed by atoms with Gasteiger partial charge in [0.2, 0.25) is 0 Å². The third-order valence-electron chi connectivity index (χ3n) is 3.23. The second-order valence-corrected chi connectivity index (χ2v) is 5.61. The minimum atomic E-state index is -0.946. The fourth-order valence-electron chi connectivity index (χ4n) is 2.16. The number of hydrogen-bond acceptors (Lipinski definition) is 3. The number of nitrogens with one attached hydrogen (secondary N) is 1. The lowest BCUT2D eigenvalue weighted by Crippen LogP contribution is -2.05. The van der Waals surface area contributed by atoms with E-state index in [4.69, 9.17) is 33.0 Å². The lowest BCUT2D eigenvalue weighted by molar-refractivity contribution is 0.0697. The van der Waals surface area contributed by atoms with E-state index in [0.29, 0.717) is 22.3 Å². The van der Waals surface area contributed by atoms with Gasteiger partial charge in [-0.3, -0.25) is 0 Å². The molecule has 0 heterocycles. The Morgan fingerprint density at radius 2 is 2.00 bits per heavy atom. The predicted octanol–water partition coefficient (Wildman–Crippen LogP) is 4.62. The van der Waals surface area contributed by atoms with E-state index in [1.54, 1.807) is 37.4 Å². The summed E-state index contributed by atoms with van der Waals surface area (Å²) in [4.78, 5) is 10.9. The van der Waals surface area contributed by atoms with E-state index in [1.165, 1.54) is 0 Å². The van der Waals surface area contributed by atoms with Crippen LogP contribution in [0.15, 0.2) is 30.3 Å². The highest BCUT2D eigenvalue weighted by Gasteiger charge is 2.11. The van der Waals surface area contributed by atoms with Crippen molar-refractivity contribution in [1.82, 2.24) is 0 Å². The van der Waals surface area contributed by atoms with Crippen LogP contribution in [-0.4, -0.2) is 18.2 Å². The van der Waals surface area contributed by atoms with Gasteiger partial charge in [-0.05, 0) is 42.8 Å². The Labute approximate surface area is 138 Å². The minimum absolute atomic E-state index is 0.256. The van der Waals surface area contributed by atoms with Gasteiger partial charge in [-0.15, -0.1) is 0 Å². The van der Waals surface area contributed by atoms with Gasteiger partial charge in [0.1, 0.15) is 5.75 Å². The van der Waals surface area contributed by atoms with E-state index in [-0.39, 0.29) is 5.56 Å². The van der Waals surface area contributed by atoms with Crippen LogP contribution < -0.4 is 10.1 Å². The quantitative estimate of drug-likeness (QED) is 0.834. The first-order valence-corrected chi connectivity index (χ1v) is 7.27. The summed E-state index contributed by atoms with van der Waals surface area (Å²) >= 11 is 12.1. The number of hydrogen-bond donors (Lipinski definition) is 2. The molecular formula is C16H15Cl2NO3. The van der Waals surface area contributed by atoms with Gasteiger partial charge in [0.25, 0.3) is 0 Å². The first-order valence-electron chi connectivity index (χ1n) is 6.52. The highest BCUT2D eigenvalue weighted by atomic mass is 35.5. The smallest absolute Gasteiger partial charge is 0.335 e. The number of benzene rings is 2. The molecule has 0 fully saturated rings. The Balaban J connectivity index is 2.22. The lowest BCUT2D eigenvalue weighted by atomic mass is 10.1. The predicted molar refractivity (Wildman–Crippen MR) is 88.5 cm³/mol. The maximum Gasteiger partial charge on any atom is 0.335 e. The van der Waals surface area contributed by atoms with E-state index in [0.717, 1.165) is 16.8 Å². The summed E-state index contributed by atoms with van der Waals surface area (Å²) in [6, 6.07) is 8.31. The summed E-state index contributed by atoms with van der Waals surface area (Å²) in [7, 11) is 1.55. The molecule has 6 heteroatoms. The molecule has 0 aliphatic carbocycles. The number of ether oxygens (including phenoxy) is 1. The van der Waals surface area contributed by atoms with E-state index < -0.39 is 5.97 Å². The van der Waals surface area contributed by atoms with Gasteiger partial charge in [-0.1, -0.05) is 23.2 Å². The number of carbonyl (C=O) groups is 1. The summed E-state index contributed by atoms with van der Waals surface area (Å²) < 4.78 is 5.29. The van der Waals surface area contributed by atoms with Gasteiger partial charge in [-0.25, -0.2) is 4.79 Å². The Bertz CT molecular complexity index is 717. The third-order valence-corrected chi connectivity index (χ3v) is 3.73. The van der Waals surface area contributed by atoms with Crippen LogP contribution in [0.4, 0.5) is 5.69 Å². The normalized spacial score (nSPS) is 10.4. The maximum absolute atomic E-state index is 10.9. The molecule has 2 rings (SSSR count). The SMILES string of the molecule is COc1c(Cl)cc(Cl)cc1CNc1ccc(C(=O)O)cc1C. The zero-order chi connectivity index (χ0) is 16.3. The maximum atomic E-state index is 10.9. The molecule has 0 aliphatic heterocycles. The van der Waals surface area contributed by atoms with Crippen LogP contribution in [0, 0.1) is 6.92 Å². The fourth-order valence-corrected chi connectivity index (χ4v) is 2.77. The number of rotatable bonds is 5. The molecule has 2 aromatic carbocycles. The topological polar surface area (TPSA) is 58.6 Å². The van der Waals surface area contributed by atoms with Crippen LogP contribution in [0.3, 0.4) is 0 Å². The van der Waals surface area contributed by atoms with Crippen molar-refractivity contribution in [2.75, 3.05) is 12.4 Å². The molecule has 0 aliphatic rings. The van der Waals surface area contributed by atoms with E-state index in [2.05, 4.69) is 5.32 Å². The van der Waals surface area contributed by atoms with Crippen LogP contribution >= 0.6 is 23.2 Å². The molecule has 0 spiro atoms. The van der Waals surface area contributed by atoms with E-state index in [1.807, 2.05) is 6.92 Å². The van der Waals surface area contributed by atoms with Gasteiger partial charge in [0.15, 0.2) is 0 Å². The third kappa shape index (κ3) is 3.64. The van der Waals surface area contributed by atoms with Gasteiger partial charge in [-0.2, -0.15) is 0 Å². The van der Waals surface area contributed by atoms with Gasteiger partial charge in [0, 0.05) is 22.8 Å². The molecular weight excluding hydrogens is 325 g/mol. The lowest BCUT2D eigenvalue weighted by Gasteiger charge is -2.14. The summed E-state index contributed by atoms with van der Waals surface area (Å²) in [6.45, 7) is 2.30. The Morgan fingerprint density at radius 3 is 2.59 bits per heavy atom. The zero-order valence-corrected chi connectivity index (χ0v) is 13.6. The van der Waals surface area contributed by atoms with E-state index >= 15 is 0 Å². The largest absolute Gasteiger partial charge is 0.495 e. The Hall–Kier alpha value is -1.91. The molecule has 0 unspecified atom stereocenters. The fraction of sp³-hybridized carbons (Fsp3) is 0.188. The molecule has 0 amide bonds. The molecule has 0 saturated carbocycles. The molecule has 0 bridgehead atoms. The van der Waals surface area contributed by atoms with Gasteiger partial charge in [0.05, 0.1) is 17.7 Å². The monoisotopic (exact) mass is 339 g/mol. The summed E-state index contributed by atoms with van der Waals surface area (Å²) in [5.41, 5.74) is 2.75. The average Bonchev–Trinajstić information content (AvgIpc) is 2.45. The van der Waals surface area contributed by atoms with Crippen molar-refractivity contribution in [3.63, 3.8) is 0 Å². The van der Waals surface area contributed by atoms with Crippen molar-refractivity contribution < 1.29 is 14.6 Å². The molecule has 2 N–H and O–H groups in total. The minimum Gasteiger partial charge on any atom is -0.495 e. The summed E-state index contributed by atoms with van der Waals surface area (Å²) in [5, 5.41) is 13.2. The van der Waals surface area contributed by atoms with Crippen molar-refractivity contribution in [3.8, 4) is 5.75 Å². The number of carboxylic acid groups (broad SMARTS) is 1. The van der Waals surface area contributed by atoms with Gasteiger partial charge >= 0.3 is 5.97 Å². The van der Waals surface area contributed by atoms with Crippen molar-refractivity contribution in [2.24, 2.45) is 0 Å². The molecule has 22 heavy (non-hydrogen) atoms. The number of aromatic carboxylic acids is 1. The number of methoxy groups -OCH3 is 1. The molecule has 0 atom stereocenters. The average molecular weight is 340 g/mol. The molecule has 2 aromatic rings. The van der Waals surface area contributed by atoms with Crippen molar-refractivity contribution in [2.45, 2.75) is 13.5 Å². The first kappa shape index (κ1) is 16.5. The molecule has 0 saturated heterocycles. The Morgan fingerprint density at radius 1 is 1.27 bits per heavy atom. The molecule has 4 nitrogen and oxygen atoms in total.